The fourth-order valence-electron chi connectivity index (χ4n) is 1.55. The number of nitrogens with one attached hydrogen (secondary N) is 2. The molecule has 0 aliphatic carbocycles. The second kappa shape index (κ2) is 4.78. The van der Waals surface area contributed by atoms with Crippen molar-refractivity contribution in [3.8, 4) is 0 Å². The Kier molecular flexibility index (Phi) is 3.18. The molecule has 1 fully saturated rings. The Morgan fingerprint density at radius 3 is 2.89 bits per heavy atom. The number of carbonyl (C=O) groups is 3. The molecule has 2 heterocycles. The Bertz CT molecular complexity index is 516. The Morgan fingerprint density at radius 1 is 1.44 bits per heavy atom. The van der Waals surface area contributed by atoms with E-state index in [4.69, 9.17) is 5.73 Å². The Morgan fingerprint density at radius 2 is 2.22 bits per heavy atom. The van der Waals surface area contributed by atoms with Crippen LogP contribution in [0, 0.1) is 0 Å². The summed E-state index contributed by atoms with van der Waals surface area (Å²) in [5, 5.41) is 4.62. The summed E-state index contributed by atoms with van der Waals surface area (Å²) >= 11 is 0. The van der Waals surface area contributed by atoms with Crippen molar-refractivity contribution in [2.75, 3.05) is 5.73 Å². The molecule has 1 aliphatic rings. The van der Waals surface area contributed by atoms with E-state index in [1.165, 1.54) is 12.4 Å². The first-order valence-corrected chi connectivity index (χ1v) is 5.28. The predicted molar refractivity (Wildman–Crippen MR) is 60.1 cm³/mol. The molecule has 1 aliphatic heterocycles. The standard InChI is InChI=1S/C10H11N5O3/c11-7-4-12-3-6(13-7)10(18)14-5-1-2-8(16)15-9(5)17/h3-5H,1-2H2,(H2,11,13)(H,14,18)(H,15,16,17). The zero-order valence-corrected chi connectivity index (χ0v) is 9.34. The molecule has 1 saturated heterocycles. The molecule has 0 saturated carbocycles. The van der Waals surface area contributed by atoms with Crippen molar-refractivity contribution >= 4 is 23.5 Å². The van der Waals surface area contributed by atoms with Gasteiger partial charge in [0.05, 0.1) is 12.4 Å². The summed E-state index contributed by atoms with van der Waals surface area (Å²) in [4.78, 5) is 41.6. The number of carbonyl (C=O) groups excluding carboxylic acids is 3. The molecule has 0 aromatic carbocycles. The largest absolute Gasteiger partial charge is 0.382 e. The quantitative estimate of drug-likeness (QED) is 0.553. The molecule has 8 nitrogen and oxygen atoms in total. The summed E-state index contributed by atoms with van der Waals surface area (Å²) in [6, 6.07) is -0.738. The van der Waals surface area contributed by atoms with E-state index in [-0.39, 0.29) is 30.3 Å². The number of nitrogens with zero attached hydrogens (tertiary/aromatic N) is 2. The third-order valence-electron chi connectivity index (χ3n) is 2.43. The average molecular weight is 249 g/mol. The predicted octanol–water partition coefficient (Wildman–Crippen LogP) is -1.41. The average Bonchev–Trinajstić information content (AvgIpc) is 2.32. The number of nitrogens with two attached hydrogens (primary N) is 1. The van der Waals surface area contributed by atoms with Crippen molar-refractivity contribution in [3.05, 3.63) is 18.1 Å². The number of anilines is 1. The summed E-state index contributed by atoms with van der Waals surface area (Å²) in [5.41, 5.74) is 5.42. The van der Waals surface area contributed by atoms with E-state index in [1.807, 2.05) is 0 Å². The van der Waals surface area contributed by atoms with Crippen LogP contribution in [0.2, 0.25) is 0 Å². The van der Waals surface area contributed by atoms with Gasteiger partial charge in [0.1, 0.15) is 17.6 Å². The third kappa shape index (κ3) is 2.59. The highest BCUT2D eigenvalue weighted by atomic mass is 16.2. The summed E-state index contributed by atoms with van der Waals surface area (Å²) in [7, 11) is 0. The molecule has 1 atom stereocenters. The van der Waals surface area contributed by atoms with Gasteiger partial charge in [-0.15, -0.1) is 0 Å². The minimum Gasteiger partial charge on any atom is -0.382 e. The normalized spacial score (nSPS) is 19.2. The fraction of sp³-hybridized carbons (Fsp3) is 0.300. The highest BCUT2D eigenvalue weighted by Gasteiger charge is 2.28. The first-order valence-electron chi connectivity index (χ1n) is 5.28. The highest BCUT2D eigenvalue weighted by Crippen LogP contribution is 2.05. The summed E-state index contributed by atoms with van der Waals surface area (Å²) < 4.78 is 0. The van der Waals surface area contributed by atoms with Crippen LogP contribution < -0.4 is 16.4 Å². The lowest BCUT2D eigenvalue weighted by atomic mass is 10.1. The van der Waals surface area contributed by atoms with Gasteiger partial charge in [0, 0.05) is 6.42 Å². The monoisotopic (exact) mass is 249 g/mol. The van der Waals surface area contributed by atoms with Gasteiger partial charge in [-0.05, 0) is 6.42 Å². The van der Waals surface area contributed by atoms with Gasteiger partial charge in [0.2, 0.25) is 11.8 Å². The first-order chi connectivity index (χ1) is 8.56. The lowest BCUT2D eigenvalue weighted by Gasteiger charge is -2.21. The topological polar surface area (TPSA) is 127 Å². The maximum atomic E-state index is 11.8. The van der Waals surface area contributed by atoms with Gasteiger partial charge in [0.15, 0.2) is 0 Å². The number of hydrogen-bond acceptors (Lipinski definition) is 6. The van der Waals surface area contributed by atoms with Crippen LogP contribution >= 0.6 is 0 Å². The van der Waals surface area contributed by atoms with Crippen molar-refractivity contribution in [2.45, 2.75) is 18.9 Å². The molecule has 94 valence electrons. The van der Waals surface area contributed by atoms with Gasteiger partial charge in [-0.3, -0.25) is 24.7 Å². The van der Waals surface area contributed by atoms with Crippen LogP contribution in [-0.2, 0) is 9.59 Å². The van der Waals surface area contributed by atoms with Crippen molar-refractivity contribution in [2.24, 2.45) is 0 Å². The van der Waals surface area contributed by atoms with E-state index >= 15 is 0 Å². The van der Waals surface area contributed by atoms with Crippen LogP contribution in [0.4, 0.5) is 5.82 Å². The molecule has 0 bridgehead atoms. The lowest BCUT2D eigenvalue weighted by Crippen LogP contribution is -2.52. The van der Waals surface area contributed by atoms with E-state index in [9.17, 15) is 14.4 Å². The van der Waals surface area contributed by atoms with Crippen LogP contribution in [0.3, 0.4) is 0 Å². The molecule has 2 rings (SSSR count). The van der Waals surface area contributed by atoms with E-state index in [0.717, 1.165) is 0 Å². The van der Waals surface area contributed by atoms with Crippen molar-refractivity contribution in [3.63, 3.8) is 0 Å². The van der Waals surface area contributed by atoms with E-state index in [1.54, 1.807) is 0 Å². The summed E-state index contributed by atoms with van der Waals surface area (Å²) in [5.74, 6) is -1.29. The molecule has 8 heteroatoms. The van der Waals surface area contributed by atoms with Gasteiger partial charge in [0.25, 0.3) is 5.91 Å². The summed E-state index contributed by atoms with van der Waals surface area (Å²) in [6.07, 6.45) is 3.02. The molecule has 3 amide bonds. The molecule has 1 aromatic rings. The fourth-order valence-corrected chi connectivity index (χ4v) is 1.55. The SMILES string of the molecule is Nc1cncc(C(=O)NC2CCC(=O)NC2=O)n1. The van der Waals surface area contributed by atoms with E-state index in [2.05, 4.69) is 20.6 Å². The Labute approximate surface area is 102 Å². The molecular weight excluding hydrogens is 238 g/mol. The maximum Gasteiger partial charge on any atom is 0.272 e. The third-order valence-corrected chi connectivity index (χ3v) is 2.43. The zero-order valence-electron chi connectivity index (χ0n) is 9.34. The van der Waals surface area contributed by atoms with Gasteiger partial charge < -0.3 is 11.1 Å². The minimum atomic E-state index is -0.738. The molecule has 4 N–H and O–H groups in total. The highest BCUT2D eigenvalue weighted by molar-refractivity contribution is 6.03. The molecule has 1 unspecified atom stereocenters. The Balaban J connectivity index is 2.03. The molecule has 18 heavy (non-hydrogen) atoms. The molecule has 0 radical (unpaired) electrons. The number of hydrogen-bond donors (Lipinski definition) is 3. The number of rotatable bonds is 2. The van der Waals surface area contributed by atoms with Gasteiger partial charge >= 0.3 is 0 Å². The Hall–Kier alpha value is -2.51. The lowest BCUT2D eigenvalue weighted by molar-refractivity contribution is -0.134. The number of nitrogen functional groups attached to an aromatic ring is 1. The molecule has 1 aromatic heterocycles. The second-order valence-electron chi connectivity index (χ2n) is 3.81. The number of aromatic nitrogens is 2. The van der Waals surface area contributed by atoms with E-state index < -0.39 is 17.9 Å². The van der Waals surface area contributed by atoms with Crippen molar-refractivity contribution in [1.82, 2.24) is 20.6 Å². The first kappa shape index (κ1) is 12.0. The van der Waals surface area contributed by atoms with Crippen LogP contribution in [0.1, 0.15) is 23.3 Å². The van der Waals surface area contributed by atoms with E-state index in [0.29, 0.717) is 0 Å². The van der Waals surface area contributed by atoms with Crippen molar-refractivity contribution < 1.29 is 14.4 Å². The van der Waals surface area contributed by atoms with Gasteiger partial charge in [-0.1, -0.05) is 0 Å². The summed E-state index contributed by atoms with van der Waals surface area (Å²) in [6.45, 7) is 0. The molecule has 0 spiro atoms. The zero-order chi connectivity index (χ0) is 13.1. The van der Waals surface area contributed by atoms with Gasteiger partial charge in [-0.25, -0.2) is 4.98 Å². The minimum absolute atomic E-state index is 0.0275. The van der Waals surface area contributed by atoms with Crippen molar-refractivity contribution in [1.29, 1.82) is 0 Å². The maximum absolute atomic E-state index is 11.8. The number of imide groups is 1. The second-order valence-corrected chi connectivity index (χ2v) is 3.81. The smallest absolute Gasteiger partial charge is 0.272 e. The van der Waals surface area contributed by atoms with Crippen LogP contribution in [0.25, 0.3) is 0 Å². The van der Waals surface area contributed by atoms with Crippen LogP contribution in [0.5, 0.6) is 0 Å². The van der Waals surface area contributed by atoms with Gasteiger partial charge in [-0.2, -0.15) is 0 Å². The number of amides is 3. The van der Waals surface area contributed by atoms with Crippen LogP contribution in [0.15, 0.2) is 12.4 Å². The molecular formula is C10H11N5O3. The number of piperidine rings is 1. The van der Waals surface area contributed by atoms with Crippen LogP contribution in [-0.4, -0.2) is 33.7 Å².